The van der Waals surface area contributed by atoms with E-state index < -0.39 is 0 Å². The van der Waals surface area contributed by atoms with Gasteiger partial charge in [-0.3, -0.25) is 0 Å². The van der Waals surface area contributed by atoms with Gasteiger partial charge < -0.3 is 15.0 Å². The van der Waals surface area contributed by atoms with Crippen LogP contribution in [0.4, 0.5) is 0 Å². The summed E-state index contributed by atoms with van der Waals surface area (Å²) in [5.41, 5.74) is 1.30. The predicted molar refractivity (Wildman–Crippen MR) is 79.7 cm³/mol. The van der Waals surface area contributed by atoms with Crippen LogP contribution in [0, 0.1) is 0 Å². The number of nitrogens with one attached hydrogen (secondary N) is 1. The van der Waals surface area contributed by atoms with Crippen LogP contribution in [0.25, 0.3) is 0 Å². The third kappa shape index (κ3) is 3.95. The fourth-order valence-corrected chi connectivity index (χ4v) is 2.78. The zero-order chi connectivity index (χ0) is 13.7. The molecule has 1 atom stereocenters. The first-order chi connectivity index (χ1) is 9.22. The lowest BCUT2D eigenvalue weighted by atomic mass is 10.0. The van der Waals surface area contributed by atoms with E-state index in [4.69, 9.17) is 4.74 Å². The molecule has 3 nitrogen and oxygen atoms in total. The van der Waals surface area contributed by atoms with Crippen molar-refractivity contribution in [2.75, 3.05) is 26.7 Å². The van der Waals surface area contributed by atoms with Crippen molar-refractivity contribution in [2.45, 2.75) is 38.8 Å². The lowest BCUT2D eigenvalue weighted by molar-refractivity contribution is 0.200. The summed E-state index contributed by atoms with van der Waals surface area (Å²) in [5, 5.41) is 3.75. The van der Waals surface area contributed by atoms with Crippen molar-refractivity contribution >= 4 is 0 Å². The van der Waals surface area contributed by atoms with Gasteiger partial charge >= 0.3 is 0 Å². The normalized spacial score (nSPS) is 19.3. The first kappa shape index (κ1) is 14.4. The second-order valence-electron chi connectivity index (χ2n) is 5.37. The number of hydrogen-bond donors (Lipinski definition) is 1. The number of benzene rings is 1. The maximum absolute atomic E-state index is 5.29. The molecule has 0 bridgehead atoms. The van der Waals surface area contributed by atoms with Gasteiger partial charge in [0.15, 0.2) is 0 Å². The van der Waals surface area contributed by atoms with Crippen molar-refractivity contribution in [3.63, 3.8) is 0 Å². The van der Waals surface area contributed by atoms with Gasteiger partial charge in [0, 0.05) is 12.1 Å². The number of rotatable bonds is 5. The van der Waals surface area contributed by atoms with Crippen molar-refractivity contribution < 1.29 is 4.74 Å². The number of likely N-dealkylation sites (tertiary alicyclic amines) is 1. The molecule has 0 radical (unpaired) electrons. The second kappa shape index (κ2) is 6.92. The molecule has 0 aromatic heterocycles. The van der Waals surface area contributed by atoms with Crippen molar-refractivity contribution in [3.05, 3.63) is 29.8 Å². The number of nitrogens with zero attached hydrogens (tertiary/aromatic N) is 1. The van der Waals surface area contributed by atoms with Gasteiger partial charge in [-0.1, -0.05) is 19.1 Å². The van der Waals surface area contributed by atoms with E-state index in [1.807, 2.05) is 6.07 Å². The average molecular weight is 262 g/mol. The van der Waals surface area contributed by atoms with Crippen molar-refractivity contribution in [1.29, 1.82) is 0 Å². The van der Waals surface area contributed by atoms with E-state index in [1.54, 1.807) is 7.11 Å². The molecular weight excluding hydrogens is 236 g/mol. The van der Waals surface area contributed by atoms with Crippen LogP contribution in [-0.2, 0) is 0 Å². The number of hydrogen-bond acceptors (Lipinski definition) is 3. The summed E-state index contributed by atoms with van der Waals surface area (Å²) in [7, 11) is 1.72. The van der Waals surface area contributed by atoms with E-state index in [0.29, 0.717) is 12.1 Å². The molecule has 0 unspecified atom stereocenters. The van der Waals surface area contributed by atoms with Gasteiger partial charge in [0.2, 0.25) is 0 Å². The predicted octanol–water partition coefficient (Wildman–Crippen LogP) is 2.83. The Hall–Kier alpha value is -1.06. The molecule has 1 N–H and O–H groups in total. The van der Waals surface area contributed by atoms with Gasteiger partial charge in [-0.15, -0.1) is 0 Å². The van der Waals surface area contributed by atoms with Crippen LogP contribution in [0.1, 0.15) is 38.3 Å². The van der Waals surface area contributed by atoms with Gasteiger partial charge in [-0.05, 0) is 57.1 Å². The van der Waals surface area contributed by atoms with Gasteiger partial charge in [0.05, 0.1) is 7.11 Å². The molecule has 0 saturated carbocycles. The highest BCUT2D eigenvalue weighted by molar-refractivity contribution is 5.30. The molecule has 106 valence electrons. The van der Waals surface area contributed by atoms with Gasteiger partial charge in [0.25, 0.3) is 0 Å². The van der Waals surface area contributed by atoms with Crippen LogP contribution in [0.15, 0.2) is 24.3 Å². The van der Waals surface area contributed by atoms with Gasteiger partial charge in [-0.2, -0.15) is 0 Å². The Morgan fingerprint density at radius 3 is 2.74 bits per heavy atom. The highest BCUT2D eigenvalue weighted by atomic mass is 16.5. The number of piperidine rings is 1. The SMILES string of the molecule is CCN1CCC(N[C@H](C)c2cccc(OC)c2)CC1. The molecule has 1 aromatic rings. The summed E-state index contributed by atoms with van der Waals surface area (Å²) >= 11 is 0. The van der Waals surface area contributed by atoms with E-state index in [9.17, 15) is 0 Å². The monoisotopic (exact) mass is 262 g/mol. The Balaban J connectivity index is 1.88. The summed E-state index contributed by atoms with van der Waals surface area (Å²) in [4.78, 5) is 2.52. The second-order valence-corrected chi connectivity index (χ2v) is 5.37. The van der Waals surface area contributed by atoms with E-state index in [2.05, 4.69) is 42.3 Å². The summed E-state index contributed by atoms with van der Waals surface area (Å²) in [6, 6.07) is 9.37. The molecule has 0 aliphatic carbocycles. The quantitative estimate of drug-likeness (QED) is 0.883. The fraction of sp³-hybridized carbons (Fsp3) is 0.625. The summed E-state index contributed by atoms with van der Waals surface area (Å²) in [6.45, 7) is 8.10. The van der Waals surface area contributed by atoms with E-state index in [-0.39, 0.29) is 0 Å². The number of methoxy groups -OCH3 is 1. The molecule has 1 aliphatic heterocycles. The highest BCUT2D eigenvalue weighted by Gasteiger charge is 2.19. The summed E-state index contributed by atoms with van der Waals surface area (Å²) < 4.78 is 5.29. The lowest BCUT2D eigenvalue weighted by Gasteiger charge is -2.33. The minimum Gasteiger partial charge on any atom is -0.497 e. The first-order valence-electron chi connectivity index (χ1n) is 7.35. The van der Waals surface area contributed by atoms with Crippen LogP contribution in [0.5, 0.6) is 5.75 Å². The smallest absolute Gasteiger partial charge is 0.119 e. The van der Waals surface area contributed by atoms with E-state index in [0.717, 1.165) is 5.75 Å². The first-order valence-corrected chi connectivity index (χ1v) is 7.35. The molecule has 1 fully saturated rings. The molecule has 3 heteroatoms. The molecule has 0 amide bonds. The molecule has 1 heterocycles. The largest absolute Gasteiger partial charge is 0.497 e. The lowest BCUT2D eigenvalue weighted by Crippen LogP contribution is -2.43. The third-order valence-corrected chi connectivity index (χ3v) is 4.11. The molecular formula is C16H26N2O. The summed E-state index contributed by atoms with van der Waals surface area (Å²) in [6.07, 6.45) is 2.50. The Morgan fingerprint density at radius 2 is 2.11 bits per heavy atom. The molecule has 19 heavy (non-hydrogen) atoms. The molecule has 2 rings (SSSR count). The van der Waals surface area contributed by atoms with Crippen molar-refractivity contribution in [2.24, 2.45) is 0 Å². The highest BCUT2D eigenvalue weighted by Crippen LogP contribution is 2.21. The summed E-state index contributed by atoms with van der Waals surface area (Å²) in [5.74, 6) is 0.937. The molecule has 1 aromatic carbocycles. The standard InChI is InChI=1S/C16H26N2O/c1-4-18-10-8-15(9-11-18)17-13(2)14-6-5-7-16(12-14)19-3/h5-7,12-13,15,17H,4,8-11H2,1-3H3/t13-/m1/s1. The van der Waals surface area contributed by atoms with Crippen LogP contribution in [0.3, 0.4) is 0 Å². The Bertz CT molecular complexity index is 386. The zero-order valence-corrected chi connectivity index (χ0v) is 12.4. The molecule has 1 aliphatic rings. The van der Waals surface area contributed by atoms with Crippen LogP contribution in [0.2, 0.25) is 0 Å². The van der Waals surface area contributed by atoms with E-state index in [1.165, 1.54) is 38.0 Å². The Labute approximate surface area is 116 Å². The van der Waals surface area contributed by atoms with Crippen molar-refractivity contribution in [1.82, 2.24) is 10.2 Å². The minimum atomic E-state index is 0.383. The van der Waals surface area contributed by atoms with Gasteiger partial charge in [0.1, 0.15) is 5.75 Å². The topological polar surface area (TPSA) is 24.5 Å². The van der Waals surface area contributed by atoms with Crippen LogP contribution < -0.4 is 10.1 Å². The molecule has 1 saturated heterocycles. The zero-order valence-electron chi connectivity index (χ0n) is 12.4. The van der Waals surface area contributed by atoms with E-state index >= 15 is 0 Å². The van der Waals surface area contributed by atoms with Crippen LogP contribution >= 0.6 is 0 Å². The average Bonchev–Trinajstić information content (AvgIpc) is 2.48. The molecule has 0 spiro atoms. The fourth-order valence-electron chi connectivity index (χ4n) is 2.78. The number of ether oxygens (including phenoxy) is 1. The maximum Gasteiger partial charge on any atom is 0.119 e. The van der Waals surface area contributed by atoms with Gasteiger partial charge in [-0.25, -0.2) is 0 Å². The third-order valence-electron chi connectivity index (χ3n) is 4.11. The van der Waals surface area contributed by atoms with Crippen LogP contribution in [-0.4, -0.2) is 37.7 Å². The van der Waals surface area contributed by atoms with Crippen molar-refractivity contribution in [3.8, 4) is 5.75 Å². The minimum absolute atomic E-state index is 0.383. The Morgan fingerprint density at radius 1 is 1.37 bits per heavy atom. The maximum atomic E-state index is 5.29. The Kier molecular flexibility index (Phi) is 5.23.